The van der Waals surface area contributed by atoms with Crippen LogP contribution in [0, 0.1) is 0 Å². The summed E-state index contributed by atoms with van der Waals surface area (Å²) in [6.45, 7) is 1.75. The molecule has 0 saturated heterocycles. The zero-order valence-corrected chi connectivity index (χ0v) is 9.60. The Labute approximate surface area is 93.6 Å². The van der Waals surface area contributed by atoms with Crippen LogP contribution in [0.2, 0.25) is 0 Å². The first-order valence-corrected chi connectivity index (χ1v) is 5.74. The Hall–Kier alpha value is -1.07. The Morgan fingerprint density at radius 3 is 2.93 bits per heavy atom. The highest BCUT2D eigenvalue weighted by molar-refractivity contribution is 7.09. The van der Waals surface area contributed by atoms with Gasteiger partial charge in [0, 0.05) is 25.1 Å². The number of nitrogens with one attached hydrogen (secondary N) is 2. The molecule has 0 spiro atoms. The smallest absolute Gasteiger partial charge is 0.314 e. The summed E-state index contributed by atoms with van der Waals surface area (Å²) in [6.07, 6.45) is 0.884. The molecule has 0 atom stereocenters. The molecular formula is C10H16N2O2S. The van der Waals surface area contributed by atoms with Gasteiger partial charge < -0.3 is 15.4 Å². The maximum Gasteiger partial charge on any atom is 0.314 e. The third kappa shape index (κ3) is 5.39. The molecule has 1 rings (SSSR count). The van der Waals surface area contributed by atoms with Gasteiger partial charge in [-0.1, -0.05) is 6.07 Å². The van der Waals surface area contributed by atoms with E-state index in [0.29, 0.717) is 19.7 Å². The van der Waals surface area contributed by atoms with Gasteiger partial charge in [-0.3, -0.25) is 0 Å². The third-order valence-corrected chi connectivity index (χ3v) is 2.76. The van der Waals surface area contributed by atoms with Crippen LogP contribution in [0.25, 0.3) is 0 Å². The summed E-state index contributed by atoms with van der Waals surface area (Å²) in [5.74, 6) is 0. The number of carbonyl (C=O) groups is 1. The van der Waals surface area contributed by atoms with E-state index in [9.17, 15) is 4.79 Å². The Kier molecular flexibility index (Phi) is 5.80. The van der Waals surface area contributed by atoms with Crippen LogP contribution >= 0.6 is 11.3 Å². The topological polar surface area (TPSA) is 50.4 Å². The normalized spacial score (nSPS) is 9.93. The molecule has 2 N–H and O–H groups in total. The molecule has 0 bridgehead atoms. The number of hydrogen-bond acceptors (Lipinski definition) is 3. The van der Waals surface area contributed by atoms with E-state index in [0.717, 1.165) is 6.42 Å². The molecule has 0 unspecified atom stereocenters. The molecule has 0 aliphatic carbocycles. The Morgan fingerprint density at radius 2 is 2.27 bits per heavy atom. The molecule has 1 aromatic heterocycles. The van der Waals surface area contributed by atoms with Gasteiger partial charge in [-0.15, -0.1) is 11.3 Å². The van der Waals surface area contributed by atoms with Gasteiger partial charge in [-0.05, 0) is 17.9 Å². The summed E-state index contributed by atoms with van der Waals surface area (Å²) in [5, 5.41) is 7.51. The molecule has 0 fully saturated rings. The maximum atomic E-state index is 11.2. The zero-order valence-electron chi connectivity index (χ0n) is 8.79. The minimum atomic E-state index is -0.136. The molecule has 0 aliphatic heterocycles. The number of hydrogen-bond donors (Lipinski definition) is 2. The van der Waals surface area contributed by atoms with Gasteiger partial charge in [0.1, 0.15) is 0 Å². The van der Waals surface area contributed by atoms with Gasteiger partial charge in [0.05, 0.1) is 6.61 Å². The van der Waals surface area contributed by atoms with Gasteiger partial charge in [0.15, 0.2) is 0 Å². The number of amides is 2. The number of ether oxygens (including phenoxy) is 1. The molecule has 84 valence electrons. The van der Waals surface area contributed by atoms with E-state index in [4.69, 9.17) is 4.74 Å². The van der Waals surface area contributed by atoms with Crippen molar-refractivity contribution in [3.63, 3.8) is 0 Å². The second-order valence-corrected chi connectivity index (χ2v) is 4.04. The van der Waals surface area contributed by atoms with Crippen LogP contribution in [-0.2, 0) is 11.2 Å². The third-order valence-electron chi connectivity index (χ3n) is 1.83. The first-order valence-electron chi connectivity index (χ1n) is 4.86. The standard InChI is InChI=1S/C10H16N2O2S/c1-14-7-6-12-10(13)11-5-4-9-3-2-8-15-9/h2-3,8H,4-7H2,1H3,(H2,11,12,13). The molecule has 15 heavy (non-hydrogen) atoms. The van der Waals surface area contributed by atoms with Crippen LogP contribution in [0.15, 0.2) is 17.5 Å². The van der Waals surface area contributed by atoms with Gasteiger partial charge in [-0.25, -0.2) is 4.79 Å². The van der Waals surface area contributed by atoms with Crippen molar-refractivity contribution in [2.45, 2.75) is 6.42 Å². The van der Waals surface area contributed by atoms with Crippen molar-refractivity contribution in [1.29, 1.82) is 0 Å². The van der Waals surface area contributed by atoms with E-state index in [-0.39, 0.29) is 6.03 Å². The fourth-order valence-corrected chi connectivity index (χ4v) is 1.79. The van der Waals surface area contributed by atoms with E-state index in [2.05, 4.69) is 16.7 Å². The molecule has 5 heteroatoms. The Balaban J connectivity index is 2.02. The highest BCUT2D eigenvalue weighted by Crippen LogP contribution is 2.07. The summed E-state index contributed by atoms with van der Waals surface area (Å²) < 4.78 is 4.81. The zero-order chi connectivity index (χ0) is 10.9. The molecule has 0 radical (unpaired) electrons. The van der Waals surface area contributed by atoms with E-state index >= 15 is 0 Å². The number of rotatable bonds is 6. The lowest BCUT2D eigenvalue weighted by atomic mass is 10.3. The van der Waals surface area contributed by atoms with E-state index in [1.807, 2.05) is 11.4 Å². The van der Waals surface area contributed by atoms with Crippen LogP contribution in [0.3, 0.4) is 0 Å². The van der Waals surface area contributed by atoms with Crippen molar-refractivity contribution < 1.29 is 9.53 Å². The van der Waals surface area contributed by atoms with Crippen molar-refractivity contribution in [3.05, 3.63) is 22.4 Å². The molecule has 0 aliphatic rings. The summed E-state index contributed by atoms with van der Waals surface area (Å²) in [6, 6.07) is 3.94. The van der Waals surface area contributed by atoms with E-state index in [1.165, 1.54) is 4.88 Å². The highest BCUT2D eigenvalue weighted by Gasteiger charge is 1.98. The van der Waals surface area contributed by atoms with Crippen LogP contribution in [0.5, 0.6) is 0 Å². The molecule has 0 saturated carbocycles. The molecule has 2 amide bonds. The molecular weight excluding hydrogens is 212 g/mol. The fraction of sp³-hybridized carbons (Fsp3) is 0.500. The molecule has 0 aromatic carbocycles. The van der Waals surface area contributed by atoms with Gasteiger partial charge in [0.25, 0.3) is 0 Å². The summed E-state index contributed by atoms with van der Waals surface area (Å²) in [5.41, 5.74) is 0. The van der Waals surface area contributed by atoms with Crippen molar-refractivity contribution >= 4 is 17.4 Å². The SMILES string of the molecule is COCCNC(=O)NCCc1cccs1. The second kappa shape index (κ2) is 7.25. The lowest BCUT2D eigenvalue weighted by Gasteiger charge is -2.06. The summed E-state index contributed by atoms with van der Waals surface area (Å²) >= 11 is 1.70. The van der Waals surface area contributed by atoms with E-state index in [1.54, 1.807) is 18.4 Å². The first kappa shape index (κ1) is 12.0. The van der Waals surface area contributed by atoms with Crippen LogP contribution in [-0.4, -0.2) is 32.8 Å². The summed E-state index contributed by atoms with van der Waals surface area (Å²) in [7, 11) is 1.61. The van der Waals surface area contributed by atoms with Crippen LogP contribution < -0.4 is 10.6 Å². The predicted molar refractivity (Wildman–Crippen MR) is 61.3 cm³/mol. The molecule has 1 heterocycles. The number of thiophene rings is 1. The number of methoxy groups -OCH3 is 1. The second-order valence-electron chi connectivity index (χ2n) is 3.00. The van der Waals surface area contributed by atoms with Crippen molar-refractivity contribution in [3.8, 4) is 0 Å². The Morgan fingerprint density at radius 1 is 1.47 bits per heavy atom. The molecule has 1 aromatic rings. The van der Waals surface area contributed by atoms with Gasteiger partial charge in [0.2, 0.25) is 0 Å². The lowest BCUT2D eigenvalue weighted by Crippen LogP contribution is -2.38. The van der Waals surface area contributed by atoms with Crippen molar-refractivity contribution in [2.24, 2.45) is 0 Å². The monoisotopic (exact) mass is 228 g/mol. The quantitative estimate of drug-likeness (QED) is 0.720. The fourth-order valence-electron chi connectivity index (χ4n) is 1.08. The maximum absolute atomic E-state index is 11.2. The van der Waals surface area contributed by atoms with Gasteiger partial charge >= 0.3 is 6.03 Å². The molecule has 4 nitrogen and oxygen atoms in total. The lowest BCUT2D eigenvalue weighted by molar-refractivity contribution is 0.196. The van der Waals surface area contributed by atoms with E-state index < -0.39 is 0 Å². The van der Waals surface area contributed by atoms with Crippen LogP contribution in [0.4, 0.5) is 4.79 Å². The number of urea groups is 1. The first-order chi connectivity index (χ1) is 7.33. The largest absolute Gasteiger partial charge is 0.383 e. The van der Waals surface area contributed by atoms with Crippen molar-refractivity contribution in [2.75, 3.05) is 26.8 Å². The number of carbonyl (C=O) groups excluding carboxylic acids is 1. The van der Waals surface area contributed by atoms with Crippen molar-refractivity contribution in [1.82, 2.24) is 10.6 Å². The van der Waals surface area contributed by atoms with Crippen LogP contribution in [0.1, 0.15) is 4.88 Å². The minimum absolute atomic E-state index is 0.136. The minimum Gasteiger partial charge on any atom is -0.383 e. The average Bonchev–Trinajstić information content (AvgIpc) is 2.71. The predicted octanol–water partition coefficient (Wildman–Crippen LogP) is 1.24. The Bertz CT molecular complexity index is 275. The van der Waals surface area contributed by atoms with Gasteiger partial charge in [-0.2, -0.15) is 0 Å². The summed E-state index contributed by atoms with van der Waals surface area (Å²) in [4.78, 5) is 12.5. The highest BCUT2D eigenvalue weighted by atomic mass is 32.1. The average molecular weight is 228 g/mol.